The van der Waals surface area contributed by atoms with Crippen LogP contribution in [0.1, 0.15) is 29.5 Å². The maximum Gasteiger partial charge on any atom is 0.160 e. The fourth-order valence-corrected chi connectivity index (χ4v) is 1.60. The van der Waals surface area contributed by atoms with Gasteiger partial charge in [0.1, 0.15) is 0 Å². The third-order valence-electron chi connectivity index (χ3n) is 2.77. The van der Waals surface area contributed by atoms with Gasteiger partial charge in [0, 0.05) is 0 Å². The summed E-state index contributed by atoms with van der Waals surface area (Å²) in [6.07, 6.45) is 2.64. The molecule has 0 amide bonds. The third-order valence-corrected chi connectivity index (χ3v) is 2.77. The number of phenolic OH excluding ortho intramolecular Hbond substituents is 2. The first-order chi connectivity index (χ1) is 7.07. The van der Waals surface area contributed by atoms with Gasteiger partial charge in [0.15, 0.2) is 11.5 Å². The Morgan fingerprint density at radius 3 is 2.40 bits per heavy atom. The van der Waals surface area contributed by atoms with Crippen molar-refractivity contribution in [2.75, 3.05) is 6.54 Å². The van der Waals surface area contributed by atoms with Crippen LogP contribution in [0.4, 0.5) is 0 Å². The van der Waals surface area contributed by atoms with Crippen molar-refractivity contribution >= 4 is 0 Å². The van der Waals surface area contributed by atoms with Crippen molar-refractivity contribution in [2.24, 2.45) is 5.73 Å². The molecule has 1 aromatic rings. The van der Waals surface area contributed by atoms with Crippen molar-refractivity contribution in [1.29, 1.82) is 0 Å². The first-order valence-electron chi connectivity index (χ1n) is 5.29. The highest BCUT2D eigenvalue weighted by atomic mass is 16.3. The monoisotopic (exact) mass is 209 g/mol. The van der Waals surface area contributed by atoms with Crippen molar-refractivity contribution in [3.63, 3.8) is 0 Å². The number of aryl methyl sites for hydroxylation is 2. The molecule has 0 radical (unpaired) electrons. The zero-order valence-electron chi connectivity index (χ0n) is 9.38. The molecule has 0 fully saturated rings. The first kappa shape index (κ1) is 11.9. The number of rotatable bonds is 4. The Bertz CT molecular complexity index is 348. The van der Waals surface area contributed by atoms with E-state index in [0.717, 1.165) is 36.0 Å². The van der Waals surface area contributed by atoms with Crippen LogP contribution in [0.25, 0.3) is 0 Å². The lowest BCUT2D eigenvalue weighted by atomic mass is 10.00. The van der Waals surface area contributed by atoms with E-state index in [2.05, 4.69) is 0 Å². The molecule has 0 aliphatic heterocycles. The first-order valence-corrected chi connectivity index (χ1v) is 5.29. The minimum atomic E-state index is 0.0118. The van der Waals surface area contributed by atoms with Crippen molar-refractivity contribution in [3.8, 4) is 11.5 Å². The van der Waals surface area contributed by atoms with Crippen LogP contribution in [-0.2, 0) is 6.42 Å². The maximum absolute atomic E-state index is 9.72. The summed E-state index contributed by atoms with van der Waals surface area (Å²) >= 11 is 0. The lowest BCUT2D eigenvalue weighted by Crippen LogP contribution is -1.99. The van der Waals surface area contributed by atoms with E-state index in [4.69, 9.17) is 5.73 Å². The number of hydrogen-bond acceptors (Lipinski definition) is 3. The number of unbranched alkanes of at least 4 members (excludes halogenated alkanes) is 1. The molecule has 0 spiro atoms. The molecule has 3 nitrogen and oxygen atoms in total. The lowest BCUT2D eigenvalue weighted by molar-refractivity contribution is 0.395. The van der Waals surface area contributed by atoms with Crippen LogP contribution in [0.5, 0.6) is 11.5 Å². The van der Waals surface area contributed by atoms with Crippen molar-refractivity contribution in [2.45, 2.75) is 33.1 Å². The molecule has 15 heavy (non-hydrogen) atoms. The highest BCUT2D eigenvalue weighted by Gasteiger charge is 2.11. The van der Waals surface area contributed by atoms with E-state index in [-0.39, 0.29) is 11.5 Å². The summed E-state index contributed by atoms with van der Waals surface area (Å²) in [5.74, 6) is 0.0351. The smallest absolute Gasteiger partial charge is 0.160 e. The topological polar surface area (TPSA) is 66.5 Å². The van der Waals surface area contributed by atoms with Gasteiger partial charge in [-0.1, -0.05) is 6.07 Å². The minimum absolute atomic E-state index is 0.0118. The largest absolute Gasteiger partial charge is 0.504 e. The molecular weight excluding hydrogens is 190 g/mol. The van der Waals surface area contributed by atoms with Crippen LogP contribution in [-0.4, -0.2) is 16.8 Å². The Labute approximate surface area is 90.5 Å². The summed E-state index contributed by atoms with van der Waals surface area (Å²) in [4.78, 5) is 0. The summed E-state index contributed by atoms with van der Waals surface area (Å²) < 4.78 is 0. The van der Waals surface area contributed by atoms with Crippen molar-refractivity contribution < 1.29 is 10.2 Å². The van der Waals surface area contributed by atoms with E-state index in [0.29, 0.717) is 6.54 Å². The Morgan fingerprint density at radius 2 is 1.80 bits per heavy atom. The van der Waals surface area contributed by atoms with Gasteiger partial charge in [-0.05, 0) is 56.3 Å². The molecule has 0 bridgehead atoms. The SMILES string of the molecule is Cc1cc(CCCCN)c(O)c(O)c1C. The Kier molecular flexibility index (Phi) is 3.97. The molecule has 1 rings (SSSR count). The van der Waals surface area contributed by atoms with Crippen LogP contribution in [0.3, 0.4) is 0 Å². The van der Waals surface area contributed by atoms with E-state index in [9.17, 15) is 10.2 Å². The molecule has 0 aliphatic carbocycles. The van der Waals surface area contributed by atoms with Crippen molar-refractivity contribution in [3.05, 3.63) is 22.8 Å². The fourth-order valence-electron chi connectivity index (χ4n) is 1.60. The number of phenols is 2. The Morgan fingerprint density at radius 1 is 1.13 bits per heavy atom. The summed E-state index contributed by atoms with van der Waals surface area (Å²) in [6, 6.07) is 1.93. The van der Waals surface area contributed by atoms with E-state index < -0.39 is 0 Å². The second-order valence-corrected chi connectivity index (χ2v) is 3.92. The quantitative estimate of drug-likeness (QED) is 0.525. The standard InChI is InChI=1S/C12H19NO2/c1-8-7-10(5-3-4-6-13)12(15)11(14)9(8)2/h7,14-15H,3-6,13H2,1-2H3. The molecule has 0 aromatic heterocycles. The molecule has 0 unspecified atom stereocenters. The van der Waals surface area contributed by atoms with Gasteiger partial charge in [0.2, 0.25) is 0 Å². The van der Waals surface area contributed by atoms with Gasteiger partial charge in [-0.2, -0.15) is 0 Å². The fraction of sp³-hybridized carbons (Fsp3) is 0.500. The third kappa shape index (κ3) is 2.63. The van der Waals surface area contributed by atoms with Gasteiger partial charge in [-0.25, -0.2) is 0 Å². The average Bonchev–Trinajstić information content (AvgIpc) is 2.23. The van der Waals surface area contributed by atoms with Gasteiger partial charge < -0.3 is 15.9 Å². The summed E-state index contributed by atoms with van der Waals surface area (Å²) in [7, 11) is 0. The average molecular weight is 209 g/mol. The van der Waals surface area contributed by atoms with E-state index in [1.54, 1.807) is 6.92 Å². The minimum Gasteiger partial charge on any atom is -0.504 e. The second-order valence-electron chi connectivity index (χ2n) is 3.92. The number of aromatic hydroxyl groups is 2. The predicted octanol–water partition coefficient (Wildman–Crippen LogP) is 2.00. The molecule has 4 N–H and O–H groups in total. The predicted molar refractivity (Wildman–Crippen MR) is 61.2 cm³/mol. The van der Waals surface area contributed by atoms with Crippen LogP contribution >= 0.6 is 0 Å². The summed E-state index contributed by atoms with van der Waals surface area (Å²) in [5, 5.41) is 19.4. The normalized spacial score (nSPS) is 10.6. The molecule has 0 aliphatic rings. The van der Waals surface area contributed by atoms with E-state index >= 15 is 0 Å². The molecule has 0 saturated carbocycles. The van der Waals surface area contributed by atoms with Crippen molar-refractivity contribution in [1.82, 2.24) is 0 Å². The Balaban J connectivity index is 2.89. The highest BCUT2D eigenvalue weighted by Crippen LogP contribution is 2.35. The van der Waals surface area contributed by atoms with Crippen LogP contribution in [0.2, 0.25) is 0 Å². The van der Waals surface area contributed by atoms with E-state index in [1.165, 1.54) is 0 Å². The molecule has 3 heteroatoms. The number of nitrogens with two attached hydrogens (primary N) is 1. The van der Waals surface area contributed by atoms with Gasteiger partial charge in [0.25, 0.3) is 0 Å². The lowest BCUT2D eigenvalue weighted by Gasteiger charge is -2.11. The highest BCUT2D eigenvalue weighted by molar-refractivity contribution is 5.53. The Hall–Kier alpha value is -1.22. The van der Waals surface area contributed by atoms with Gasteiger partial charge in [0.05, 0.1) is 0 Å². The zero-order valence-corrected chi connectivity index (χ0v) is 9.38. The molecule has 1 aromatic carbocycles. The molecule has 0 heterocycles. The molecule has 0 saturated heterocycles. The van der Waals surface area contributed by atoms with E-state index in [1.807, 2.05) is 13.0 Å². The number of benzene rings is 1. The molecule has 0 atom stereocenters. The van der Waals surface area contributed by atoms with Gasteiger partial charge >= 0.3 is 0 Å². The van der Waals surface area contributed by atoms with Gasteiger partial charge in [-0.15, -0.1) is 0 Å². The zero-order chi connectivity index (χ0) is 11.4. The molecule has 84 valence electrons. The van der Waals surface area contributed by atoms with Crippen LogP contribution < -0.4 is 5.73 Å². The molecular formula is C12H19NO2. The van der Waals surface area contributed by atoms with Crippen LogP contribution in [0.15, 0.2) is 6.07 Å². The van der Waals surface area contributed by atoms with Gasteiger partial charge in [-0.3, -0.25) is 0 Å². The number of hydrogen-bond donors (Lipinski definition) is 3. The summed E-state index contributed by atoms with van der Waals surface area (Å²) in [5.41, 5.74) is 7.96. The van der Waals surface area contributed by atoms with Crippen LogP contribution in [0, 0.1) is 13.8 Å². The second kappa shape index (κ2) is 5.03. The maximum atomic E-state index is 9.72. The summed E-state index contributed by atoms with van der Waals surface area (Å²) in [6.45, 7) is 4.40.